The number of rotatable bonds is 11. The third-order valence-electron chi connectivity index (χ3n) is 2.08. The van der Waals surface area contributed by atoms with Crippen molar-refractivity contribution in [2.45, 2.75) is 25.8 Å². The van der Waals surface area contributed by atoms with Gasteiger partial charge in [-0.25, -0.2) is 4.79 Å². The molecule has 0 aromatic heterocycles. The average molecular weight is 262 g/mol. The lowest BCUT2D eigenvalue weighted by atomic mass is 10.2. The summed E-state index contributed by atoms with van der Waals surface area (Å²) in [5.74, 6) is -1.47. The van der Waals surface area contributed by atoms with Crippen LogP contribution in [0.3, 0.4) is 0 Å². The number of carbonyl (C=O) groups excluding carboxylic acids is 1. The Bertz CT molecular complexity index is 248. The van der Waals surface area contributed by atoms with Gasteiger partial charge in [-0.05, 0) is 6.42 Å². The molecule has 18 heavy (non-hydrogen) atoms. The van der Waals surface area contributed by atoms with Crippen LogP contribution < -0.4 is 11.1 Å². The Morgan fingerprint density at radius 3 is 2.50 bits per heavy atom. The summed E-state index contributed by atoms with van der Waals surface area (Å²) in [4.78, 5) is 22.1. The van der Waals surface area contributed by atoms with E-state index < -0.39 is 17.9 Å². The average Bonchev–Trinajstić information content (AvgIpc) is 2.33. The Hall–Kier alpha value is -1.18. The van der Waals surface area contributed by atoms with E-state index in [1.807, 2.05) is 6.92 Å². The number of hydrogen-bond acceptors (Lipinski definition) is 5. The molecule has 4 N–H and O–H groups in total. The minimum atomic E-state index is -1.03. The summed E-state index contributed by atoms with van der Waals surface area (Å²) in [6.45, 7) is 3.22. The molecule has 0 aromatic rings. The molecule has 0 saturated carbocycles. The summed E-state index contributed by atoms with van der Waals surface area (Å²) in [6, 6.07) is -0.848. The lowest BCUT2D eigenvalue weighted by Crippen LogP contribution is -2.42. The lowest BCUT2D eigenvalue weighted by molar-refractivity contribution is -0.142. The van der Waals surface area contributed by atoms with Gasteiger partial charge in [0.05, 0.1) is 19.8 Å². The predicted octanol–water partition coefficient (Wildman–Crippen LogP) is -0.652. The first-order chi connectivity index (χ1) is 8.61. The first kappa shape index (κ1) is 16.8. The van der Waals surface area contributed by atoms with Gasteiger partial charge in [0.15, 0.2) is 0 Å². The Kier molecular flexibility index (Phi) is 10.2. The third kappa shape index (κ3) is 8.91. The molecule has 0 radical (unpaired) electrons. The van der Waals surface area contributed by atoms with Gasteiger partial charge in [0, 0.05) is 6.54 Å². The topological polar surface area (TPSA) is 111 Å². The molecular formula is C11H22N2O5. The molecule has 0 heterocycles. The highest BCUT2D eigenvalue weighted by atomic mass is 16.5. The first-order valence-corrected chi connectivity index (χ1v) is 5.99. The third-order valence-corrected chi connectivity index (χ3v) is 2.08. The minimum Gasteiger partial charge on any atom is -0.480 e. The molecule has 1 unspecified atom stereocenters. The molecule has 0 rings (SSSR count). The summed E-state index contributed by atoms with van der Waals surface area (Å²) in [7, 11) is 0. The fraction of sp³-hybridized carbons (Fsp3) is 0.818. The number of nitrogens with two attached hydrogens (primary N) is 1. The van der Waals surface area contributed by atoms with E-state index in [0.29, 0.717) is 32.6 Å². The Morgan fingerprint density at radius 1 is 1.28 bits per heavy atom. The maximum atomic E-state index is 11.4. The number of hydrogen-bond donors (Lipinski definition) is 3. The van der Waals surface area contributed by atoms with Crippen LogP contribution in [0, 0.1) is 0 Å². The molecule has 0 aliphatic rings. The summed E-state index contributed by atoms with van der Waals surface area (Å²) in [5, 5.41) is 11.2. The van der Waals surface area contributed by atoms with Crippen molar-refractivity contribution >= 4 is 11.9 Å². The largest absolute Gasteiger partial charge is 0.480 e. The van der Waals surface area contributed by atoms with Gasteiger partial charge in [-0.1, -0.05) is 13.3 Å². The Labute approximate surface area is 107 Å². The highest BCUT2D eigenvalue weighted by Gasteiger charge is 2.18. The van der Waals surface area contributed by atoms with Crippen molar-refractivity contribution < 1.29 is 24.2 Å². The number of ether oxygens (including phenoxy) is 2. The zero-order valence-electron chi connectivity index (χ0n) is 10.7. The van der Waals surface area contributed by atoms with Crippen molar-refractivity contribution in [2.75, 3.05) is 33.0 Å². The zero-order chi connectivity index (χ0) is 13.8. The Balaban J connectivity index is 3.65. The first-order valence-electron chi connectivity index (χ1n) is 5.99. The summed E-state index contributed by atoms with van der Waals surface area (Å²) in [6.07, 6.45) is 1.09. The SMILES string of the molecule is CCCC(NC(=O)COCCOCCN)C(=O)O. The van der Waals surface area contributed by atoms with Crippen molar-refractivity contribution in [1.82, 2.24) is 5.32 Å². The van der Waals surface area contributed by atoms with E-state index in [1.54, 1.807) is 0 Å². The summed E-state index contributed by atoms with van der Waals surface area (Å²) >= 11 is 0. The van der Waals surface area contributed by atoms with E-state index in [1.165, 1.54) is 0 Å². The molecule has 0 bridgehead atoms. The summed E-state index contributed by atoms with van der Waals surface area (Å²) in [5.41, 5.74) is 5.22. The number of carbonyl (C=O) groups is 2. The van der Waals surface area contributed by atoms with Gasteiger partial charge >= 0.3 is 5.97 Å². The number of carboxylic acid groups (broad SMARTS) is 1. The van der Waals surface area contributed by atoms with Crippen LogP contribution in [0.4, 0.5) is 0 Å². The highest BCUT2D eigenvalue weighted by molar-refractivity contribution is 5.84. The van der Waals surface area contributed by atoms with Crippen LogP contribution in [0.1, 0.15) is 19.8 Å². The van der Waals surface area contributed by atoms with Crippen LogP contribution >= 0.6 is 0 Å². The second-order valence-electron chi connectivity index (χ2n) is 3.70. The van der Waals surface area contributed by atoms with Crippen LogP contribution in [0.5, 0.6) is 0 Å². The Morgan fingerprint density at radius 2 is 1.94 bits per heavy atom. The lowest BCUT2D eigenvalue weighted by Gasteiger charge is -2.13. The molecule has 106 valence electrons. The molecule has 0 aliphatic heterocycles. The van der Waals surface area contributed by atoms with Crippen LogP contribution in [0.25, 0.3) is 0 Å². The van der Waals surface area contributed by atoms with Gasteiger partial charge in [-0.3, -0.25) is 4.79 Å². The van der Waals surface area contributed by atoms with E-state index in [9.17, 15) is 9.59 Å². The van der Waals surface area contributed by atoms with Gasteiger partial charge in [-0.15, -0.1) is 0 Å². The highest BCUT2D eigenvalue weighted by Crippen LogP contribution is 1.96. The molecule has 0 aromatic carbocycles. The fourth-order valence-electron chi connectivity index (χ4n) is 1.25. The van der Waals surface area contributed by atoms with E-state index in [4.69, 9.17) is 20.3 Å². The second kappa shape index (κ2) is 10.9. The molecule has 0 fully saturated rings. The number of nitrogens with one attached hydrogen (secondary N) is 1. The molecule has 1 atom stereocenters. The second-order valence-corrected chi connectivity index (χ2v) is 3.70. The van der Waals surface area contributed by atoms with Crippen LogP contribution in [0.2, 0.25) is 0 Å². The molecule has 0 spiro atoms. The van der Waals surface area contributed by atoms with Crippen LogP contribution in [0.15, 0.2) is 0 Å². The van der Waals surface area contributed by atoms with Crippen molar-refractivity contribution in [1.29, 1.82) is 0 Å². The fourth-order valence-corrected chi connectivity index (χ4v) is 1.25. The van der Waals surface area contributed by atoms with Crippen molar-refractivity contribution in [2.24, 2.45) is 5.73 Å². The maximum absolute atomic E-state index is 11.4. The van der Waals surface area contributed by atoms with Crippen LogP contribution in [-0.4, -0.2) is 56.0 Å². The monoisotopic (exact) mass is 262 g/mol. The van der Waals surface area contributed by atoms with Gasteiger partial charge in [0.1, 0.15) is 12.6 Å². The quantitative estimate of drug-likeness (QED) is 0.427. The molecule has 0 saturated heterocycles. The van der Waals surface area contributed by atoms with Crippen molar-refractivity contribution in [3.05, 3.63) is 0 Å². The molecule has 7 heteroatoms. The number of carboxylic acids is 1. The van der Waals surface area contributed by atoms with Gasteiger partial charge in [0.25, 0.3) is 0 Å². The van der Waals surface area contributed by atoms with E-state index >= 15 is 0 Å². The standard InChI is InChI=1S/C11H22N2O5/c1-2-3-9(11(15)16)13-10(14)8-18-7-6-17-5-4-12/h9H,2-8,12H2,1H3,(H,13,14)(H,15,16). The van der Waals surface area contributed by atoms with E-state index in [0.717, 1.165) is 0 Å². The maximum Gasteiger partial charge on any atom is 0.326 e. The molecular weight excluding hydrogens is 240 g/mol. The summed E-state index contributed by atoms with van der Waals surface area (Å²) < 4.78 is 10.1. The van der Waals surface area contributed by atoms with Crippen molar-refractivity contribution in [3.8, 4) is 0 Å². The van der Waals surface area contributed by atoms with Crippen LogP contribution in [-0.2, 0) is 19.1 Å². The normalized spacial score (nSPS) is 12.1. The molecule has 1 amide bonds. The number of amides is 1. The number of aliphatic carboxylic acids is 1. The minimum absolute atomic E-state index is 0.167. The zero-order valence-corrected chi connectivity index (χ0v) is 10.7. The smallest absolute Gasteiger partial charge is 0.326 e. The van der Waals surface area contributed by atoms with Crippen molar-refractivity contribution in [3.63, 3.8) is 0 Å². The van der Waals surface area contributed by atoms with E-state index in [2.05, 4.69) is 5.32 Å². The van der Waals surface area contributed by atoms with Gasteiger partial charge in [0.2, 0.25) is 5.91 Å². The van der Waals surface area contributed by atoms with E-state index in [-0.39, 0.29) is 13.2 Å². The van der Waals surface area contributed by atoms with Gasteiger partial charge < -0.3 is 25.6 Å². The molecule has 0 aliphatic carbocycles. The molecule has 7 nitrogen and oxygen atoms in total. The predicted molar refractivity (Wildman–Crippen MR) is 65.2 cm³/mol. The van der Waals surface area contributed by atoms with Gasteiger partial charge in [-0.2, -0.15) is 0 Å².